The zero-order valence-corrected chi connectivity index (χ0v) is 16.5. The highest BCUT2D eigenvalue weighted by Gasteiger charge is 2.21. The summed E-state index contributed by atoms with van der Waals surface area (Å²) >= 11 is 1.66. The Morgan fingerprint density at radius 3 is 2.82 bits per heavy atom. The number of rotatable bonds is 4. The molecule has 3 aromatic heterocycles. The van der Waals surface area contributed by atoms with Crippen molar-refractivity contribution in [2.75, 3.05) is 5.32 Å². The maximum atomic E-state index is 13.0. The smallest absolute Gasteiger partial charge is 0.263 e. The van der Waals surface area contributed by atoms with Gasteiger partial charge in [-0.3, -0.25) is 14.0 Å². The van der Waals surface area contributed by atoms with E-state index in [4.69, 9.17) is 4.98 Å². The lowest BCUT2D eigenvalue weighted by atomic mass is 9.97. The van der Waals surface area contributed by atoms with Crippen LogP contribution < -0.4 is 10.9 Å². The molecular formula is C21H21N5OS. The molecule has 1 aliphatic rings. The second kappa shape index (κ2) is 6.91. The van der Waals surface area contributed by atoms with E-state index in [2.05, 4.69) is 22.5 Å². The van der Waals surface area contributed by atoms with Crippen molar-refractivity contribution >= 4 is 33.3 Å². The summed E-state index contributed by atoms with van der Waals surface area (Å²) in [6, 6.07) is 12.1. The van der Waals surface area contributed by atoms with E-state index in [9.17, 15) is 4.79 Å². The normalized spacial score (nSPS) is 13.6. The minimum absolute atomic E-state index is 0.0237. The highest BCUT2D eigenvalue weighted by atomic mass is 32.1. The highest BCUT2D eigenvalue weighted by molar-refractivity contribution is 7.18. The second-order valence-corrected chi connectivity index (χ2v) is 8.28. The number of fused-ring (bicyclic) bond motifs is 3. The topological polar surface area (TPSA) is 64.7 Å². The molecule has 7 heteroatoms. The molecular weight excluding hydrogens is 370 g/mol. The maximum Gasteiger partial charge on any atom is 0.263 e. The number of aromatic nitrogens is 4. The van der Waals surface area contributed by atoms with Gasteiger partial charge < -0.3 is 5.32 Å². The molecule has 28 heavy (non-hydrogen) atoms. The van der Waals surface area contributed by atoms with Gasteiger partial charge in [0.05, 0.1) is 11.9 Å². The SMILES string of the molecule is Cn1c(Nc2ccn(Cc3ccccc3)n2)nc2sc3c(c2c1=O)CCCC3. The standard InChI is InChI=1S/C21H21N5OS/c1-25-20(27)18-15-9-5-6-10-16(15)28-19(18)23-21(25)22-17-11-12-26(24-17)13-14-7-3-2-4-8-14/h2-4,7-8,11-12H,5-6,9-10,13H2,1H3,(H,22,23,24). The summed E-state index contributed by atoms with van der Waals surface area (Å²) in [7, 11) is 1.77. The summed E-state index contributed by atoms with van der Waals surface area (Å²) in [4.78, 5) is 19.9. The molecule has 0 aliphatic heterocycles. The van der Waals surface area contributed by atoms with Crippen LogP contribution in [0.2, 0.25) is 0 Å². The Hall–Kier alpha value is -2.93. The molecule has 142 valence electrons. The van der Waals surface area contributed by atoms with Gasteiger partial charge in [0, 0.05) is 24.2 Å². The van der Waals surface area contributed by atoms with Crippen LogP contribution in [0.1, 0.15) is 28.8 Å². The van der Waals surface area contributed by atoms with Crippen molar-refractivity contribution in [1.29, 1.82) is 0 Å². The Balaban J connectivity index is 1.46. The molecule has 3 heterocycles. The van der Waals surface area contributed by atoms with E-state index in [-0.39, 0.29) is 5.56 Å². The van der Waals surface area contributed by atoms with Crippen LogP contribution in [0.25, 0.3) is 10.2 Å². The molecule has 0 saturated carbocycles. The third-order valence-electron chi connectivity index (χ3n) is 5.26. The Morgan fingerprint density at radius 2 is 1.96 bits per heavy atom. The molecule has 0 spiro atoms. The number of thiophene rings is 1. The van der Waals surface area contributed by atoms with Crippen molar-refractivity contribution < 1.29 is 0 Å². The number of nitrogens with zero attached hydrogens (tertiary/aromatic N) is 4. The minimum atomic E-state index is 0.0237. The van der Waals surface area contributed by atoms with Crippen LogP contribution in [-0.4, -0.2) is 19.3 Å². The highest BCUT2D eigenvalue weighted by Crippen LogP contribution is 2.34. The van der Waals surface area contributed by atoms with Crippen molar-refractivity contribution in [3.8, 4) is 0 Å². The van der Waals surface area contributed by atoms with Crippen LogP contribution in [0.3, 0.4) is 0 Å². The quantitative estimate of drug-likeness (QED) is 0.574. The summed E-state index contributed by atoms with van der Waals surface area (Å²) in [5.74, 6) is 1.21. The van der Waals surface area contributed by atoms with E-state index in [1.807, 2.05) is 35.1 Å². The average Bonchev–Trinajstić information content (AvgIpc) is 3.30. The van der Waals surface area contributed by atoms with Gasteiger partial charge >= 0.3 is 0 Å². The third-order valence-corrected chi connectivity index (χ3v) is 6.45. The van der Waals surface area contributed by atoms with Crippen molar-refractivity contribution in [1.82, 2.24) is 19.3 Å². The molecule has 0 saturated heterocycles. The first-order valence-electron chi connectivity index (χ1n) is 9.55. The third kappa shape index (κ3) is 3.01. The Kier molecular flexibility index (Phi) is 4.24. The molecule has 0 bridgehead atoms. The number of hydrogen-bond acceptors (Lipinski definition) is 5. The van der Waals surface area contributed by atoms with Crippen LogP contribution in [0.4, 0.5) is 11.8 Å². The number of anilines is 2. The fourth-order valence-corrected chi connectivity index (χ4v) is 5.05. The van der Waals surface area contributed by atoms with Gasteiger partial charge in [-0.05, 0) is 36.8 Å². The zero-order chi connectivity index (χ0) is 19.1. The Bertz CT molecular complexity index is 1200. The lowest BCUT2D eigenvalue weighted by Crippen LogP contribution is -2.21. The first-order chi connectivity index (χ1) is 13.7. The first kappa shape index (κ1) is 17.2. The molecule has 0 radical (unpaired) electrons. The minimum Gasteiger partial charge on any atom is -0.309 e. The van der Waals surface area contributed by atoms with Crippen molar-refractivity contribution in [3.05, 3.63) is 69.0 Å². The maximum absolute atomic E-state index is 13.0. The van der Waals surface area contributed by atoms with E-state index in [0.29, 0.717) is 18.3 Å². The van der Waals surface area contributed by atoms with Gasteiger partial charge in [-0.2, -0.15) is 5.10 Å². The van der Waals surface area contributed by atoms with E-state index in [1.165, 1.54) is 22.4 Å². The van der Waals surface area contributed by atoms with E-state index in [0.717, 1.165) is 29.5 Å². The van der Waals surface area contributed by atoms with Crippen LogP contribution in [0.5, 0.6) is 0 Å². The summed E-state index contributed by atoms with van der Waals surface area (Å²) in [5, 5.41) is 8.60. The van der Waals surface area contributed by atoms with Gasteiger partial charge in [0.2, 0.25) is 5.95 Å². The largest absolute Gasteiger partial charge is 0.309 e. The van der Waals surface area contributed by atoms with Crippen LogP contribution in [0, 0.1) is 0 Å². The van der Waals surface area contributed by atoms with Crippen LogP contribution >= 0.6 is 11.3 Å². The molecule has 0 fully saturated rings. The summed E-state index contributed by atoms with van der Waals surface area (Å²) in [6.07, 6.45) is 6.33. The van der Waals surface area contributed by atoms with Crippen LogP contribution in [0.15, 0.2) is 47.4 Å². The fraction of sp³-hybridized carbons (Fsp3) is 0.286. The fourth-order valence-electron chi connectivity index (χ4n) is 3.80. The Labute approximate surface area is 166 Å². The molecule has 1 aromatic carbocycles. The first-order valence-corrected chi connectivity index (χ1v) is 10.4. The van der Waals surface area contributed by atoms with Crippen LogP contribution in [-0.2, 0) is 26.4 Å². The zero-order valence-electron chi connectivity index (χ0n) is 15.7. The predicted molar refractivity (Wildman–Crippen MR) is 113 cm³/mol. The van der Waals surface area contributed by atoms with Gasteiger partial charge in [-0.1, -0.05) is 30.3 Å². The Morgan fingerprint density at radius 1 is 1.14 bits per heavy atom. The van der Waals surface area contributed by atoms with Crippen molar-refractivity contribution in [2.45, 2.75) is 32.2 Å². The molecule has 0 atom stereocenters. The number of aryl methyl sites for hydroxylation is 2. The summed E-state index contributed by atoms with van der Waals surface area (Å²) in [5.41, 5.74) is 2.43. The molecule has 1 N–H and O–H groups in total. The number of nitrogens with one attached hydrogen (secondary N) is 1. The van der Waals surface area contributed by atoms with E-state index < -0.39 is 0 Å². The molecule has 5 rings (SSSR count). The van der Waals surface area contributed by atoms with Gasteiger partial charge in [-0.15, -0.1) is 11.3 Å². The van der Waals surface area contributed by atoms with E-state index >= 15 is 0 Å². The number of hydrogen-bond donors (Lipinski definition) is 1. The van der Waals surface area contributed by atoms with Crippen molar-refractivity contribution in [3.63, 3.8) is 0 Å². The molecule has 4 aromatic rings. The van der Waals surface area contributed by atoms with Crippen molar-refractivity contribution in [2.24, 2.45) is 7.05 Å². The van der Waals surface area contributed by atoms with E-state index in [1.54, 1.807) is 23.0 Å². The lowest BCUT2D eigenvalue weighted by Gasteiger charge is -2.11. The predicted octanol–water partition coefficient (Wildman–Crippen LogP) is 3.86. The second-order valence-electron chi connectivity index (χ2n) is 7.20. The molecule has 0 unspecified atom stereocenters. The molecule has 6 nitrogen and oxygen atoms in total. The van der Waals surface area contributed by atoms with Gasteiger partial charge in [0.25, 0.3) is 5.56 Å². The lowest BCUT2D eigenvalue weighted by molar-refractivity contribution is 0.689. The summed E-state index contributed by atoms with van der Waals surface area (Å²) in [6.45, 7) is 0.700. The average molecular weight is 392 g/mol. The summed E-state index contributed by atoms with van der Waals surface area (Å²) < 4.78 is 3.47. The number of benzene rings is 1. The molecule has 0 amide bonds. The molecule has 1 aliphatic carbocycles. The monoisotopic (exact) mass is 391 g/mol. The van der Waals surface area contributed by atoms with Gasteiger partial charge in [-0.25, -0.2) is 4.98 Å². The van der Waals surface area contributed by atoms with Gasteiger partial charge in [0.1, 0.15) is 4.83 Å². The van der Waals surface area contributed by atoms with Gasteiger partial charge in [0.15, 0.2) is 5.82 Å².